The molecule has 2 aliphatic carbocycles. The molecule has 2 fully saturated rings. The van der Waals surface area contributed by atoms with E-state index < -0.39 is 0 Å². The maximum absolute atomic E-state index is 4.89. The van der Waals surface area contributed by atoms with Crippen LogP contribution in [-0.2, 0) is 0 Å². The molecule has 1 aromatic heterocycles. The van der Waals surface area contributed by atoms with E-state index in [-0.39, 0.29) is 0 Å². The first-order valence-electron chi connectivity index (χ1n) is 5.28. The Morgan fingerprint density at radius 2 is 2.00 bits per heavy atom. The summed E-state index contributed by atoms with van der Waals surface area (Å²) in [5, 5.41) is 4.03. The minimum Gasteiger partial charge on any atom is -0.365 e. The van der Waals surface area contributed by atoms with E-state index in [9.17, 15) is 0 Å². The highest BCUT2D eigenvalue weighted by molar-refractivity contribution is 5.08. The second kappa shape index (κ2) is 2.60. The van der Waals surface area contributed by atoms with Gasteiger partial charge in [0.2, 0.25) is 0 Å². The highest BCUT2D eigenvalue weighted by Gasteiger charge is 2.45. The number of aromatic nitrogens is 1. The summed E-state index contributed by atoms with van der Waals surface area (Å²) in [5.74, 6) is 0.685. The molecule has 2 nitrogen and oxygen atoms in total. The first-order valence-corrected chi connectivity index (χ1v) is 5.28. The van der Waals surface area contributed by atoms with E-state index in [2.05, 4.69) is 5.16 Å². The van der Waals surface area contributed by atoms with E-state index in [4.69, 9.17) is 4.52 Å². The molecule has 0 amide bonds. The largest absolute Gasteiger partial charge is 0.365 e. The summed E-state index contributed by atoms with van der Waals surface area (Å²) in [6, 6.07) is 2.02. The van der Waals surface area contributed by atoms with Crippen molar-refractivity contribution in [2.75, 3.05) is 0 Å². The van der Waals surface area contributed by atoms with E-state index in [1.165, 1.54) is 44.2 Å². The molecule has 3 rings (SSSR count). The van der Waals surface area contributed by atoms with Crippen molar-refractivity contribution in [2.24, 2.45) is 5.41 Å². The van der Waals surface area contributed by atoms with Crippen LogP contribution in [0.15, 0.2) is 16.9 Å². The van der Waals surface area contributed by atoms with Crippen LogP contribution < -0.4 is 0 Å². The third-order valence-electron chi connectivity index (χ3n) is 3.88. The molecule has 13 heavy (non-hydrogen) atoms. The van der Waals surface area contributed by atoms with Crippen molar-refractivity contribution >= 4 is 0 Å². The molecule has 1 heterocycles. The monoisotopic (exact) mass is 177 g/mol. The molecule has 1 aromatic rings. The molecule has 0 unspecified atom stereocenters. The summed E-state index contributed by atoms with van der Waals surface area (Å²) in [6.45, 7) is 0. The summed E-state index contributed by atoms with van der Waals surface area (Å²) in [5.41, 5.74) is 1.97. The molecule has 0 atom stereocenters. The van der Waals surface area contributed by atoms with Crippen molar-refractivity contribution < 1.29 is 4.52 Å². The Morgan fingerprint density at radius 3 is 2.54 bits per heavy atom. The SMILES string of the molecule is c1cc(C2CCC3(CC2)CC3)no1. The molecule has 0 radical (unpaired) electrons. The fourth-order valence-corrected chi connectivity index (χ4v) is 2.64. The summed E-state index contributed by atoms with van der Waals surface area (Å²) in [6.07, 6.45) is 10.2. The fraction of sp³-hybridized carbons (Fsp3) is 0.727. The molecule has 70 valence electrons. The normalized spacial score (nSPS) is 26.5. The highest BCUT2D eigenvalue weighted by Crippen LogP contribution is 2.58. The fourth-order valence-electron chi connectivity index (χ4n) is 2.64. The van der Waals surface area contributed by atoms with Crippen LogP contribution >= 0.6 is 0 Å². The van der Waals surface area contributed by atoms with Gasteiger partial charge in [-0.15, -0.1) is 0 Å². The third kappa shape index (κ3) is 1.28. The van der Waals surface area contributed by atoms with E-state index >= 15 is 0 Å². The lowest BCUT2D eigenvalue weighted by Crippen LogP contribution is -2.13. The van der Waals surface area contributed by atoms with Gasteiger partial charge in [0.15, 0.2) is 0 Å². The predicted molar refractivity (Wildman–Crippen MR) is 49.4 cm³/mol. The third-order valence-corrected chi connectivity index (χ3v) is 3.88. The van der Waals surface area contributed by atoms with Crippen molar-refractivity contribution in [1.29, 1.82) is 0 Å². The molecule has 2 heteroatoms. The van der Waals surface area contributed by atoms with Gasteiger partial charge in [-0.25, -0.2) is 0 Å². The van der Waals surface area contributed by atoms with E-state index in [0.717, 1.165) is 5.41 Å². The van der Waals surface area contributed by atoms with Crippen LogP contribution in [0.4, 0.5) is 0 Å². The van der Waals surface area contributed by atoms with Gasteiger partial charge in [0.05, 0.1) is 5.69 Å². The maximum atomic E-state index is 4.89. The number of hydrogen-bond donors (Lipinski definition) is 0. The van der Waals surface area contributed by atoms with Gasteiger partial charge < -0.3 is 4.52 Å². The van der Waals surface area contributed by atoms with Crippen LogP contribution in [0.3, 0.4) is 0 Å². The van der Waals surface area contributed by atoms with Crippen molar-refractivity contribution in [1.82, 2.24) is 5.16 Å². The van der Waals surface area contributed by atoms with Crippen molar-refractivity contribution in [3.05, 3.63) is 18.0 Å². The molecule has 0 aliphatic heterocycles. The van der Waals surface area contributed by atoms with Gasteiger partial charge in [-0.2, -0.15) is 0 Å². The maximum Gasteiger partial charge on any atom is 0.124 e. The van der Waals surface area contributed by atoms with Gasteiger partial charge in [0.1, 0.15) is 6.26 Å². The highest BCUT2D eigenvalue weighted by atomic mass is 16.5. The van der Waals surface area contributed by atoms with E-state index in [1.807, 2.05) is 6.07 Å². The summed E-state index contributed by atoms with van der Waals surface area (Å²) < 4.78 is 4.89. The Bertz CT molecular complexity index is 277. The smallest absolute Gasteiger partial charge is 0.124 e. The zero-order chi connectivity index (χ0) is 8.73. The second-order valence-electron chi connectivity index (χ2n) is 4.70. The molecule has 0 bridgehead atoms. The van der Waals surface area contributed by atoms with Gasteiger partial charge >= 0.3 is 0 Å². The Morgan fingerprint density at radius 1 is 1.23 bits per heavy atom. The van der Waals surface area contributed by atoms with Crippen molar-refractivity contribution in [3.8, 4) is 0 Å². The van der Waals surface area contributed by atoms with Crippen LogP contribution in [0, 0.1) is 5.41 Å². The van der Waals surface area contributed by atoms with Crippen LogP contribution in [0.1, 0.15) is 50.1 Å². The van der Waals surface area contributed by atoms with Gasteiger partial charge in [-0.1, -0.05) is 5.16 Å². The van der Waals surface area contributed by atoms with Crippen LogP contribution in [0.2, 0.25) is 0 Å². The summed E-state index contributed by atoms with van der Waals surface area (Å²) in [4.78, 5) is 0. The minimum absolute atomic E-state index is 0.685. The molecule has 0 saturated heterocycles. The van der Waals surface area contributed by atoms with Crippen LogP contribution in [0.5, 0.6) is 0 Å². The van der Waals surface area contributed by atoms with Crippen molar-refractivity contribution in [2.45, 2.75) is 44.4 Å². The zero-order valence-corrected chi connectivity index (χ0v) is 7.83. The predicted octanol–water partition coefficient (Wildman–Crippen LogP) is 3.11. The lowest BCUT2D eigenvalue weighted by Gasteiger charge is -2.26. The number of rotatable bonds is 1. The Labute approximate surface area is 78.3 Å². The molecule has 2 aliphatic rings. The van der Waals surface area contributed by atoms with E-state index in [0.29, 0.717) is 5.92 Å². The lowest BCUT2D eigenvalue weighted by atomic mass is 9.78. The number of nitrogens with zero attached hydrogens (tertiary/aromatic N) is 1. The van der Waals surface area contributed by atoms with Gasteiger partial charge in [0.25, 0.3) is 0 Å². The summed E-state index contributed by atoms with van der Waals surface area (Å²) >= 11 is 0. The minimum atomic E-state index is 0.685. The number of hydrogen-bond acceptors (Lipinski definition) is 2. The first-order chi connectivity index (χ1) is 6.38. The summed E-state index contributed by atoms with van der Waals surface area (Å²) in [7, 11) is 0. The standard InChI is InChI=1S/C11H15NO/c1-4-11(6-7-11)5-2-9(1)10-3-8-13-12-10/h3,8-9H,1-2,4-7H2. The Balaban J connectivity index is 1.69. The first kappa shape index (κ1) is 7.60. The van der Waals surface area contributed by atoms with E-state index in [1.54, 1.807) is 6.26 Å². The molecule has 2 saturated carbocycles. The molecule has 0 N–H and O–H groups in total. The Hall–Kier alpha value is -0.790. The van der Waals surface area contributed by atoms with Crippen LogP contribution in [0.25, 0.3) is 0 Å². The average molecular weight is 177 g/mol. The topological polar surface area (TPSA) is 26.0 Å². The molecule has 0 aromatic carbocycles. The molecular weight excluding hydrogens is 162 g/mol. The average Bonchev–Trinajstić information content (AvgIpc) is 2.71. The van der Waals surface area contributed by atoms with Crippen LogP contribution in [-0.4, -0.2) is 5.16 Å². The molecular formula is C11H15NO. The second-order valence-corrected chi connectivity index (χ2v) is 4.70. The Kier molecular flexibility index (Phi) is 1.52. The van der Waals surface area contributed by atoms with Gasteiger partial charge in [-0.3, -0.25) is 0 Å². The molecule has 1 spiro atoms. The van der Waals surface area contributed by atoms with Gasteiger partial charge in [0, 0.05) is 12.0 Å². The zero-order valence-electron chi connectivity index (χ0n) is 7.83. The van der Waals surface area contributed by atoms with Crippen molar-refractivity contribution in [3.63, 3.8) is 0 Å². The van der Waals surface area contributed by atoms with Gasteiger partial charge in [-0.05, 0) is 43.9 Å². The quantitative estimate of drug-likeness (QED) is 0.658. The lowest BCUT2D eigenvalue weighted by molar-refractivity contribution is 0.295.